The van der Waals surface area contributed by atoms with E-state index in [0.29, 0.717) is 0 Å². The topological polar surface area (TPSA) is 32.8 Å². The molecule has 100 valence electrons. The van der Waals surface area contributed by atoms with E-state index >= 15 is 0 Å². The lowest BCUT2D eigenvalue weighted by molar-refractivity contribution is -0.173. The van der Waals surface area contributed by atoms with Gasteiger partial charge in [0, 0.05) is 18.5 Å². The quantitative estimate of drug-likeness (QED) is 0.693. The van der Waals surface area contributed by atoms with Gasteiger partial charge in [-0.05, 0) is 53.1 Å². The van der Waals surface area contributed by atoms with Crippen LogP contribution < -0.4 is 0 Å². The second-order valence-electron chi connectivity index (χ2n) is 5.80. The molecule has 0 aromatic carbocycles. The fourth-order valence-corrected chi connectivity index (χ4v) is 2.36. The molecule has 17 heavy (non-hydrogen) atoms. The SMILES string of the molecule is CON(C)C(=O)C1CCCN(C(C)(C)C)CC1. The highest BCUT2D eigenvalue weighted by Gasteiger charge is 2.29. The number of carbonyl (C=O) groups is 1. The largest absolute Gasteiger partial charge is 0.298 e. The summed E-state index contributed by atoms with van der Waals surface area (Å²) in [5, 5.41) is 1.36. The molecule has 0 spiro atoms. The Morgan fingerprint density at radius 2 is 1.94 bits per heavy atom. The van der Waals surface area contributed by atoms with E-state index in [1.165, 1.54) is 12.2 Å². The average molecular weight is 242 g/mol. The average Bonchev–Trinajstić information content (AvgIpc) is 2.51. The molecule has 1 atom stereocenters. The summed E-state index contributed by atoms with van der Waals surface area (Å²) in [6.07, 6.45) is 2.99. The molecule has 0 bridgehead atoms. The maximum absolute atomic E-state index is 12.0. The van der Waals surface area contributed by atoms with E-state index in [9.17, 15) is 4.79 Å². The van der Waals surface area contributed by atoms with Gasteiger partial charge >= 0.3 is 0 Å². The number of nitrogens with zero attached hydrogens (tertiary/aromatic N) is 2. The fourth-order valence-electron chi connectivity index (χ4n) is 2.36. The Labute approximate surface area is 105 Å². The van der Waals surface area contributed by atoms with Crippen LogP contribution in [0.2, 0.25) is 0 Å². The maximum Gasteiger partial charge on any atom is 0.248 e. The van der Waals surface area contributed by atoms with E-state index in [0.717, 1.165) is 32.4 Å². The van der Waals surface area contributed by atoms with Crippen LogP contribution in [0.25, 0.3) is 0 Å². The minimum absolute atomic E-state index is 0.114. The van der Waals surface area contributed by atoms with Crippen molar-refractivity contribution in [2.24, 2.45) is 5.92 Å². The number of amides is 1. The molecule has 0 radical (unpaired) electrons. The van der Waals surface area contributed by atoms with Gasteiger partial charge in [-0.25, -0.2) is 5.06 Å². The van der Waals surface area contributed by atoms with Crippen molar-refractivity contribution >= 4 is 5.91 Å². The van der Waals surface area contributed by atoms with Crippen molar-refractivity contribution in [1.29, 1.82) is 0 Å². The van der Waals surface area contributed by atoms with E-state index in [-0.39, 0.29) is 17.4 Å². The van der Waals surface area contributed by atoms with Crippen molar-refractivity contribution in [1.82, 2.24) is 9.96 Å². The Morgan fingerprint density at radius 3 is 2.47 bits per heavy atom. The van der Waals surface area contributed by atoms with Crippen LogP contribution in [-0.2, 0) is 9.63 Å². The van der Waals surface area contributed by atoms with E-state index in [2.05, 4.69) is 25.7 Å². The van der Waals surface area contributed by atoms with Gasteiger partial charge in [-0.2, -0.15) is 0 Å². The van der Waals surface area contributed by atoms with Gasteiger partial charge in [-0.3, -0.25) is 14.5 Å². The van der Waals surface area contributed by atoms with Gasteiger partial charge in [0.15, 0.2) is 0 Å². The molecule has 1 fully saturated rings. The Hall–Kier alpha value is -0.610. The first kappa shape index (κ1) is 14.5. The van der Waals surface area contributed by atoms with E-state index in [1.54, 1.807) is 7.05 Å². The molecule has 1 saturated heterocycles. The van der Waals surface area contributed by atoms with E-state index in [1.807, 2.05) is 0 Å². The normalized spacial score (nSPS) is 23.2. The highest BCUT2D eigenvalue weighted by atomic mass is 16.7. The fraction of sp³-hybridized carbons (Fsp3) is 0.923. The summed E-state index contributed by atoms with van der Waals surface area (Å²) in [7, 11) is 3.23. The minimum Gasteiger partial charge on any atom is -0.298 e. The third-order valence-electron chi connectivity index (χ3n) is 3.61. The molecule has 0 aromatic heterocycles. The maximum atomic E-state index is 12.0. The van der Waals surface area contributed by atoms with Gasteiger partial charge in [0.05, 0.1) is 7.11 Å². The number of hydrogen-bond acceptors (Lipinski definition) is 3. The van der Waals surface area contributed by atoms with Crippen LogP contribution in [0.5, 0.6) is 0 Å². The lowest BCUT2D eigenvalue weighted by Crippen LogP contribution is -2.42. The number of hydrogen-bond donors (Lipinski definition) is 0. The monoisotopic (exact) mass is 242 g/mol. The van der Waals surface area contributed by atoms with Gasteiger partial charge in [0.2, 0.25) is 5.91 Å². The molecular weight excluding hydrogens is 216 g/mol. The summed E-state index contributed by atoms with van der Waals surface area (Å²) in [5.74, 6) is 0.232. The van der Waals surface area contributed by atoms with Crippen molar-refractivity contribution in [2.45, 2.75) is 45.6 Å². The van der Waals surface area contributed by atoms with Crippen molar-refractivity contribution in [3.63, 3.8) is 0 Å². The molecule has 0 saturated carbocycles. The predicted molar refractivity (Wildman–Crippen MR) is 68.4 cm³/mol. The van der Waals surface area contributed by atoms with Crippen molar-refractivity contribution in [3.8, 4) is 0 Å². The highest BCUT2D eigenvalue weighted by Crippen LogP contribution is 2.24. The molecule has 4 heteroatoms. The number of carbonyl (C=O) groups excluding carboxylic acids is 1. The van der Waals surface area contributed by atoms with Crippen LogP contribution in [0.4, 0.5) is 0 Å². The lowest BCUT2D eigenvalue weighted by atomic mass is 10.00. The Bertz CT molecular complexity index is 261. The molecule has 0 aliphatic carbocycles. The molecule has 0 aromatic rings. The number of likely N-dealkylation sites (tertiary alicyclic amines) is 1. The third-order valence-corrected chi connectivity index (χ3v) is 3.61. The summed E-state index contributed by atoms with van der Waals surface area (Å²) in [5.41, 5.74) is 0.199. The first-order chi connectivity index (χ1) is 7.86. The zero-order valence-corrected chi connectivity index (χ0v) is 11.8. The summed E-state index contributed by atoms with van der Waals surface area (Å²) in [6.45, 7) is 8.78. The van der Waals surface area contributed by atoms with Gasteiger partial charge in [0.25, 0.3) is 0 Å². The van der Waals surface area contributed by atoms with Gasteiger partial charge in [0.1, 0.15) is 0 Å². The zero-order valence-electron chi connectivity index (χ0n) is 11.8. The molecule has 1 aliphatic rings. The smallest absolute Gasteiger partial charge is 0.248 e. The Morgan fingerprint density at radius 1 is 1.29 bits per heavy atom. The molecule has 1 amide bonds. The van der Waals surface area contributed by atoms with Crippen LogP contribution in [0.1, 0.15) is 40.0 Å². The second kappa shape index (κ2) is 5.83. The molecule has 0 N–H and O–H groups in total. The van der Waals surface area contributed by atoms with Gasteiger partial charge < -0.3 is 0 Å². The lowest BCUT2D eigenvalue weighted by Gasteiger charge is -2.34. The van der Waals surface area contributed by atoms with Gasteiger partial charge in [-0.1, -0.05) is 0 Å². The van der Waals surface area contributed by atoms with Gasteiger partial charge in [-0.15, -0.1) is 0 Å². The summed E-state index contributed by atoms with van der Waals surface area (Å²) in [6, 6.07) is 0. The molecule has 4 nitrogen and oxygen atoms in total. The summed E-state index contributed by atoms with van der Waals surface area (Å²) < 4.78 is 0. The Kier molecular flexibility index (Phi) is 4.95. The third kappa shape index (κ3) is 3.96. The predicted octanol–water partition coefficient (Wildman–Crippen LogP) is 1.91. The number of rotatable bonds is 2. The van der Waals surface area contributed by atoms with Crippen LogP contribution >= 0.6 is 0 Å². The summed E-state index contributed by atoms with van der Waals surface area (Å²) in [4.78, 5) is 19.5. The summed E-state index contributed by atoms with van der Waals surface area (Å²) >= 11 is 0. The molecule has 1 rings (SSSR count). The highest BCUT2D eigenvalue weighted by molar-refractivity contribution is 5.77. The van der Waals surface area contributed by atoms with E-state index < -0.39 is 0 Å². The standard InChI is InChI=1S/C13H26N2O2/c1-13(2,3)15-9-6-7-11(8-10-15)12(16)14(4)17-5/h11H,6-10H2,1-5H3. The van der Waals surface area contributed by atoms with Crippen LogP contribution in [0, 0.1) is 5.92 Å². The van der Waals surface area contributed by atoms with Crippen molar-refractivity contribution < 1.29 is 9.63 Å². The number of hydroxylamine groups is 2. The van der Waals surface area contributed by atoms with Crippen LogP contribution in [0.15, 0.2) is 0 Å². The second-order valence-corrected chi connectivity index (χ2v) is 5.80. The zero-order chi connectivity index (χ0) is 13.1. The molecular formula is C13H26N2O2. The van der Waals surface area contributed by atoms with Crippen molar-refractivity contribution in [3.05, 3.63) is 0 Å². The van der Waals surface area contributed by atoms with Crippen molar-refractivity contribution in [2.75, 3.05) is 27.2 Å². The van der Waals surface area contributed by atoms with E-state index in [4.69, 9.17) is 4.84 Å². The first-order valence-corrected chi connectivity index (χ1v) is 6.43. The molecule has 1 unspecified atom stereocenters. The molecule has 1 heterocycles. The van der Waals surface area contributed by atoms with Crippen LogP contribution in [0.3, 0.4) is 0 Å². The Balaban J connectivity index is 2.56. The molecule has 1 aliphatic heterocycles. The first-order valence-electron chi connectivity index (χ1n) is 6.43. The van der Waals surface area contributed by atoms with Crippen LogP contribution in [-0.4, -0.2) is 48.7 Å². The minimum atomic E-state index is 0.114.